The average molecular weight is 522 g/mol. The number of hydrogen-bond acceptors (Lipinski definition) is 5. The van der Waals surface area contributed by atoms with Gasteiger partial charge in [-0.15, -0.1) is 0 Å². The van der Waals surface area contributed by atoms with Crippen LogP contribution in [0.15, 0.2) is 18.2 Å². The molecule has 0 aliphatic rings. The Balaban J connectivity index is -0.000000553. The summed E-state index contributed by atoms with van der Waals surface area (Å²) in [6.07, 6.45) is 1.14. The van der Waals surface area contributed by atoms with Crippen molar-refractivity contribution in [3.8, 4) is 0 Å². The summed E-state index contributed by atoms with van der Waals surface area (Å²) in [4.78, 5) is 30.9. The zero-order chi connectivity index (χ0) is 26.6. The summed E-state index contributed by atoms with van der Waals surface area (Å²) < 4.78 is 0. The smallest absolute Gasteiger partial charge is 0.1000 e. The molecule has 33 heavy (non-hydrogen) atoms. The zero-order valence-electron chi connectivity index (χ0n) is 22.9. The van der Waals surface area contributed by atoms with Crippen molar-refractivity contribution in [2.75, 3.05) is 0 Å². The van der Waals surface area contributed by atoms with Crippen LogP contribution in [0.4, 0.5) is 0 Å². The molecular weight excluding hydrogens is 474 g/mol. The molecule has 0 aliphatic carbocycles. The first-order valence-corrected chi connectivity index (χ1v) is 12.4. The van der Waals surface area contributed by atoms with E-state index >= 15 is 0 Å². The summed E-state index contributed by atoms with van der Waals surface area (Å²) in [7, 11) is -0.605. The van der Waals surface area contributed by atoms with Crippen LogP contribution in [0.1, 0.15) is 94.5 Å². The minimum absolute atomic E-state index is 0. The van der Waals surface area contributed by atoms with Crippen molar-refractivity contribution >= 4 is 28.3 Å². The van der Waals surface area contributed by atoms with E-state index in [1.54, 1.807) is 0 Å². The van der Waals surface area contributed by atoms with Gasteiger partial charge in [0.25, 0.3) is 0 Å². The SMILES string of the molecule is CC(C)(C)N(Cc1cccc(C[PH+](C(C)(C)C)C(C)(C)C)n1)C(C)(C)C.[CH-]=O.[CH-]=O.[CH-]=O.[Mn]. The van der Waals surface area contributed by atoms with Gasteiger partial charge in [0.1, 0.15) is 0 Å². The van der Waals surface area contributed by atoms with E-state index in [2.05, 4.69) is 127 Å². The Morgan fingerprint density at radius 3 is 1.33 bits per heavy atom. The van der Waals surface area contributed by atoms with Gasteiger partial charge in [-0.05, 0) is 95.2 Å². The Bertz CT molecular complexity index is 563. The summed E-state index contributed by atoms with van der Waals surface area (Å²) in [6.45, 7) is 38.8. The van der Waals surface area contributed by atoms with Gasteiger partial charge in [0.05, 0.1) is 27.9 Å². The maximum absolute atomic E-state index is 7.75. The minimum Gasteiger partial charge on any atom is -0.545 e. The van der Waals surface area contributed by atoms with Crippen LogP contribution in [-0.4, -0.2) is 51.6 Å². The second kappa shape index (κ2) is 16.7. The van der Waals surface area contributed by atoms with E-state index in [1.807, 2.05) is 0 Å². The summed E-state index contributed by atoms with van der Waals surface area (Å²) >= 11 is 0. The number of carbonyl (C=O) groups excluding carboxylic acids is 3. The molecule has 7 heteroatoms. The van der Waals surface area contributed by atoms with Crippen molar-refractivity contribution in [3.63, 3.8) is 0 Å². The van der Waals surface area contributed by atoms with E-state index in [0.717, 1.165) is 12.7 Å². The zero-order valence-corrected chi connectivity index (χ0v) is 25.1. The molecule has 0 saturated carbocycles. The first-order valence-electron chi connectivity index (χ1n) is 10.7. The Morgan fingerprint density at radius 2 is 1.03 bits per heavy atom. The van der Waals surface area contributed by atoms with Crippen LogP contribution in [0.2, 0.25) is 0 Å². The van der Waals surface area contributed by atoms with Crippen LogP contribution in [-0.2, 0) is 44.2 Å². The van der Waals surface area contributed by atoms with Crippen LogP contribution < -0.4 is 0 Å². The van der Waals surface area contributed by atoms with Gasteiger partial charge >= 0.3 is 0 Å². The molecule has 0 atom stereocenters. The largest absolute Gasteiger partial charge is 0.545 e. The van der Waals surface area contributed by atoms with Gasteiger partial charge < -0.3 is 14.4 Å². The van der Waals surface area contributed by atoms with E-state index in [4.69, 9.17) is 19.4 Å². The molecule has 0 aromatic carbocycles. The van der Waals surface area contributed by atoms with Gasteiger partial charge in [-0.2, -0.15) is 0 Å². The molecule has 0 fully saturated rings. The molecule has 0 spiro atoms. The van der Waals surface area contributed by atoms with Gasteiger partial charge in [0, 0.05) is 42.6 Å². The fraction of sp³-hybridized carbons (Fsp3) is 0.692. The van der Waals surface area contributed by atoms with E-state index in [1.165, 1.54) is 11.4 Å². The molecule has 0 aliphatic heterocycles. The van der Waals surface area contributed by atoms with Gasteiger partial charge in [-0.1, -0.05) is 6.07 Å². The van der Waals surface area contributed by atoms with Crippen molar-refractivity contribution in [1.82, 2.24) is 9.88 Å². The Kier molecular flexibility index (Phi) is 19.8. The summed E-state index contributed by atoms with van der Waals surface area (Å²) in [5.41, 5.74) is 2.68. The molecule has 0 unspecified atom stereocenters. The number of aromatic nitrogens is 1. The Hall–Kier alpha value is -0.931. The van der Waals surface area contributed by atoms with Crippen molar-refractivity contribution < 1.29 is 31.5 Å². The molecule has 1 radical (unpaired) electrons. The monoisotopic (exact) mass is 521 g/mol. The van der Waals surface area contributed by atoms with E-state index in [9.17, 15) is 0 Å². The van der Waals surface area contributed by atoms with Crippen molar-refractivity contribution in [2.24, 2.45) is 0 Å². The molecule has 1 aromatic rings. The normalized spacial score (nSPS) is 11.7. The van der Waals surface area contributed by atoms with Gasteiger partial charge in [-0.25, -0.2) is 0 Å². The fourth-order valence-corrected chi connectivity index (χ4v) is 8.06. The molecule has 193 valence electrons. The molecule has 0 amide bonds. The second-order valence-corrected chi connectivity index (χ2v) is 16.0. The van der Waals surface area contributed by atoms with Crippen LogP contribution in [0, 0.1) is 0 Å². The third-order valence-corrected chi connectivity index (χ3v) is 9.31. The van der Waals surface area contributed by atoms with Crippen molar-refractivity contribution in [3.05, 3.63) is 29.6 Å². The van der Waals surface area contributed by atoms with Crippen LogP contribution in [0.3, 0.4) is 0 Å². The predicted molar refractivity (Wildman–Crippen MR) is 141 cm³/mol. The van der Waals surface area contributed by atoms with Crippen LogP contribution >= 0.6 is 7.92 Å². The Labute approximate surface area is 216 Å². The van der Waals surface area contributed by atoms with E-state index < -0.39 is 7.92 Å². The number of pyridine rings is 1. The molecule has 1 aromatic heterocycles. The van der Waals surface area contributed by atoms with Crippen LogP contribution in [0.25, 0.3) is 0 Å². The number of rotatable bonds is 4. The molecular formula is C26H47MnN2O3P-2. The molecule has 1 rings (SSSR count). The second-order valence-electron chi connectivity index (χ2n) is 11.7. The predicted octanol–water partition coefficient (Wildman–Crippen LogP) is 5.97. The summed E-state index contributed by atoms with van der Waals surface area (Å²) in [5.74, 6) is 0. The van der Waals surface area contributed by atoms with Crippen LogP contribution in [0.5, 0.6) is 0 Å². The standard InChI is InChI=1S/C23H43N2P.3CHO.Mn/c1-20(2,3)25(21(4,5)6)16-18-14-13-15-19(24-18)17-26(22(7,8)9)23(10,11)12;3*1-2;/h13-15H,16-17H2,1-12H3;3*1H;/q;3*-1;/p+1. The molecule has 5 nitrogen and oxygen atoms in total. The summed E-state index contributed by atoms with van der Waals surface area (Å²) in [5, 5.41) is 0.729. The summed E-state index contributed by atoms with van der Waals surface area (Å²) in [6, 6.07) is 6.62. The number of hydrogen-bond donors (Lipinski definition) is 0. The molecule has 0 bridgehead atoms. The minimum atomic E-state index is -0.605. The quantitative estimate of drug-likeness (QED) is 0.212. The van der Waals surface area contributed by atoms with Crippen molar-refractivity contribution in [2.45, 2.75) is 117 Å². The van der Waals surface area contributed by atoms with Gasteiger partial charge in [0.15, 0.2) is 0 Å². The average Bonchev–Trinajstić information content (AvgIpc) is 2.66. The first kappa shape index (κ1) is 39.3. The Morgan fingerprint density at radius 1 is 0.697 bits per heavy atom. The number of nitrogens with zero attached hydrogens (tertiary/aromatic N) is 2. The molecule has 0 saturated heterocycles. The third-order valence-electron chi connectivity index (χ3n) is 4.97. The van der Waals surface area contributed by atoms with Crippen molar-refractivity contribution in [1.29, 1.82) is 0 Å². The van der Waals surface area contributed by atoms with E-state index in [-0.39, 0.29) is 28.1 Å². The third kappa shape index (κ3) is 15.6. The van der Waals surface area contributed by atoms with Gasteiger partial charge in [-0.3, -0.25) is 30.3 Å². The topological polar surface area (TPSA) is 67.3 Å². The molecule has 0 N–H and O–H groups in total. The fourth-order valence-electron chi connectivity index (χ4n) is 4.19. The maximum Gasteiger partial charge on any atom is 0.1000 e. The first-order chi connectivity index (χ1) is 14.4. The van der Waals surface area contributed by atoms with Gasteiger partial charge in [0.2, 0.25) is 0 Å². The maximum atomic E-state index is 7.75. The van der Waals surface area contributed by atoms with E-state index in [0.29, 0.717) is 10.3 Å². The molecule has 1 heterocycles.